The van der Waals surface area contributed by atoms with Crippen LogP contribution < -0.4 is 9.64 Å². The first kappa shape index (κ1) is 14.3. The van der Waals surface area contributed by atoms with Crippen LogP contribution in [0.4, 0.5) is 5.69 Å². The minimum absolute atomic E-state index is 0.273. The van der Waals surface area contributed by atoms with Crippen molar-refractivity contribution in [3.63, 3.8) is 0 Å². The molecule has 0 saturated carbocycles. The van der Waals surface area contributed by atoms with E-state index < -0.39 is 0 Å². The van der Waals surface area contributed by atoms with Crippen LogP contribution in [0, 0.1) is 0 Å². The van der Waals surface area contributed by atoms with Gasteiger partial charge in [0, 0.05) is 30.9 Å². The number of rotatable bonds is 3. The molecule has 0 unspecified atom stereocenters. The largest absolute Gasteiger partial charge is 0.507 e. The molecule has 0 bridgehead atoms. The molecule has 0 fully saturated rings. The third-order valence-corrected chi connectivity index (χ3v) is 3.86. The van der Waals surface area contributed by atoms with Crippen molar-refractivity contribution >= 4 is 16.5 Å². The van der Waals surface area contributed by atoms with Crippen LogP contribution in [-0.2, 0) is 0 Å². The van der Waals surface area contributed by atoms with Crippen molar-refractivity contribution in [3.05, 3.63) is 54.6 Å². The third kappa shape index (κ3) is 2.35. The number of ether oxygens (including phenoxy) is 1. The molecule has 3 heteroatoms. The molecule has 1 N–H and O–H groups in total. The van der Waals surface area contributed by atoms with E-state index >= 15 is 0 Å². The minimum atomic E-state index is 0.273. The maximum Gasteiger partial charge on any atom is 0.124 e. The lowest BCUT2D eigenvalue weighted by atomic mass is 9.95. The van der Waals surface area contributed by atoms with Crippen molar-refractivity contribution < 1.29 is 9.84 Å². The summed E-state index contributed by atoms with van der Waals surface area (Å²) in [6, 6.07) is 17.7. The second-order valence-electron chi connectivity index (χ2n) is 5.46. The van der Waals surface area contributed by atoms with Gasteiger partial charge in [0.2, 0.25) is 0 Å². The SMILES string of the molecule is COc1ccc(N(C)C)c(-c2c(O)ccc3ccccc23)c1. The number of fused-ring (bicyclic) bond motifs is 1. The molecule has 0 heterocycles. The quantitative estimate of drug-likeness (QED) is 0.782. The van der Waals surface area contributed by atoms with E-state index in [1.54, 1.807) is 13.2 Å². The Hall–Kier alpha value is -2.68. The van der Waals surface area contributed by atoms with Gasteiger partial charge in [0.25, 0.3) is 0 Å². The van der Waals surface area contributed by atoms with E-state index in [-0.39, 0.29) is 5.75 Å². The predicted octanol–water partition coefficient (Wildman–Crippen LogP) is 4.29. The lowest BCUT2D eigenvalue weighted by molar-refractivity contribution is 0.415. The fraction of sp³-hybridized carbons (Fsp3) is 0.158. The zero-order valence-electron chi connectivity index (χ0n) is 13.0. The smallest absolute Gasteiger partial charge is 0.124 e. The number of hydrogen-bond donors (Lipinski definition) is 1. The van der Waals surface area contributed by atoms with Crippen LogP contribution in [-0.4, -0.2) is 26.3 Å². The number of phenolic OH excluding ortho intramolecular Hbond substituents is 1. The van der Waals surface area contributed by atoms with E-state index in [0.717, 1.165) is 33.3 Å². The molecule has 3 rings (SSSR count). The summed E-state index contributed by atoms with van der Waals surface area (Å²) in [7, 11) is 5.64. The lowest BCUT2D eigenvalue weighted by Gasteiger charge is -2.20. The predicted molar refractivity (Wildman–Crippen MR) is 91.9 cm³/mol. The van der Waals surface area contributed by atoms with Crippen LogP contribution in [0.2, 0.25) is 0 Å². The molecular formula is C19H19NO2. The highest BCUT2D eigenvalue weighted by Crippen LogP contribution is 2.42. The summed E-state index contributed by atoms with van der Waals surface area (Å²) in [6.07, 6.45) is 0. The second kappa shape index (κ2) is 5.60. The molecule has 3 aromatic rings. The third-order valence-electron chi connectivity index (χ3n) is 3.86. The topological polar surface area (TPSA) is 32.7 Å². The van der Waals surface area contributed by atoms with E-state index in [0.29, 0.717) is 0 Å². The first-order valence-corrected chi connectivity index (χ1v) is 7.18. The molecule has 3 nitrogen and oxygen atoms in total. The summed E-state index contributed by atoms with van der Waals surface area (Å²) < 4.78 is 5.36. The Bertz CT molecular complexity index is 825. The number of phenols is 1. The average molecular weight is 293 g/mol. The number of anilines is 1. The Balaban J connectivity index is 2.38. The Morgan fingerprint density at radius 3 is 2.45 bits per heavy atom. The van der Waals surface area contributed by atoms with Crippen molar-refractivity contribution in [1.29, 1.82) is 0 Å². The Labute approximate surface area is 130 Å². The number of methoxy groups -OCH3 is 1. The van der Waals surface area contributed by atoms with Crippen molar-refractivity contribution in [3.8, 4) is 22.6 Å². The summed E-state index contributed by atoms with van der Waals surface area (Å²) in [6.45, 7) is 0. The number of nitrogens with zero attached hydrogens (tertiary/aromatic N) is 1. The molecule has 0 aromatic heterocycles. The molecule has 0 spiro atoms. The van der Waals surface area contributed by atoms with Crippen molar-refractivity contribution in [1.82, 2.24) is 0 Å². The van der Waals surface area contributed by atoms with Gasteiger partial charge in [-0.3, -0.25) is 0 Å². The number of aromatic hydroxyl groups is 1. The van der Waals surface area contributed by atoms with E-state index in [2.05, 4.69) is 0 Å². The molecule has 0 aliphatic rings. The molecule has 112 valence electrons. The molecule has 3 aromatic carbocycles. The molecule has 0 atom stereocenters. The van der Waals surface area contributed by atoms with Gasteiger partial charge in [0.1, 0.15) is 11.5 Å². The maximum atomic E-state index is 10.5. The maximum absolute atomic E-state index is 10.5. The number of hydrogen-bond acceptors (Lipinski definition) is 3. The van der Waals surface area contributed by atoms with Crippen molar-refractivity contribution in [2.24, 2.45) is 0 Å². The van der Waals surface area contributed by atoms with Gasteiger partial charge < -0.3 is 14.7 Å². The van der Waals surface area contributed by atoms with Crippen LogP contribution in [0.5, 0.6) is 11.5 Å². The van der Waals surface area contributed by atoms with Gasteiger partial charge in [-0.1, -0.05) is 30.3 Å². The Kier molecular flexibility index (Phi) is 3.63. The van der Waals surface area contributed by atoms with Gasteiger partial charge >= 0.3 is 0 Å². The molecule has 0 radical (unpaired) electrons. The summed E-state index contributed by atoms with van der Waals surface area (Å²) in [5.41, 5.74) is 2.83. The van der Waals surface area contributed by atoms with Gasteiger partial charge in [-0.25, -0.2) is 0 Å². The summed E-state index contributed by atoms with van der Waals surface area (Å²) in [4.78, 5) is 2.04. The monoisotopic (exact) mass is 293 g/mol. The van der Waals surface area contributed by atoms with Gasteiger partial charge in [-0.2, -0.15) is 0 Å². The van der Waals surface area contributed by atoms with Crippen molar-refractivity contribution in [2.75, 3.05) is 26.1 Å². The molecule has 0 aliphatic carbocycles. The Morgan fingerprint density at radius 1 is 0.955 bits per heavy atom. The lowest BCUT2D eigenvalue weighted by Crippen LogP contribution is -2.10. The molecule has 22 heavy (non-hydrogen) atoms. The first-order chi connectivity index (χ1) is 10.6. The molecule has 0 aliphatic heterocycles. The fourth-order valence-electron chi connectivity index (χ4n) is 2.78. The Morgan fingerprint density at radius 2 is 1.73 bits per heavy atom. The van der Waals surface area contributed by atoms with Gasteiger partial charge in [0.15, 0.2) is 0 Å². The minimum Gasteiger partial charge on any atom is -0.507 e. The zero-order valence-corrected chi connectivity index (χ0v) is 13.0. The molecule has 0 amide bonds. The highest BCUT2D eigenvalue weighted by atomic mass is 16.5. The highest BCUT2D eigenvalue weighted by Gasteiger charge is 2.15. The van der Waals surface area contributed by atoms with Crippen LogP contribution in [0.15, 0.2) is 54.6 Å². The standard InChI is InChI=1S/C19H19NO2/c1-20(2)17-10-9-14(22-3)12-16(17)19-15-7-5-4-6-13(15)8-11-18(19)21/h4-12,21H,1-3H3. The van der Waals surface area contributed by atoms with Crippen LogP contribution in [0.1, 0.15) is 0 Å². The van der Waals surface area contributed by atoms with Crippen LogP contribution in [0.25, 0.3) is 21.9 Å². The summed E-state index contributed by atoms with van der Waals surface area (Å²) in [5, 5.41) is 12.6. The van der Waals surface area contributed by atoms with Crippen molar-refractivity contribution in [2.45, 2.75) is 0 Å². The number of benzene rings is 3. The van der Waals surface area contributed by atoms with Gasteiger partial charge in [0.05, 0.1) is 7.11 Å². The summed E-state index contributed by atoms with van der Waals surface area (Å²) in [5.74, 6) is 1.04. The summed E-state index contributed by atoms with van der Waals surface area (Å²) >= 11 is 0. The average Bonchev–Trinajstić information content (AvgIpc) is 2.54. The second-order valence-corrected chi connectivity index (χ2v) is 5.46. The van der Waals surface area contributed by atoms with E-state index in [9.17, 15) is 5.11 Å². The van der Waals surface area contributed by atoms with Gasteiger partial charge in [-0.05, 0) is 35.0 Å². The fourth-order valence-corrected chi connectivity index (χ4v) is 2.78. The van der Waals surface area contributed by atoms with Gasteiger partial charge in [-0.15, -0.1) is 0 Å². The van der Waals surface area contributed by atoms with E-state index in [4.69, 9.17) is 4.74 Å². The van der Waals surface area contributed by atoms with Crippen LogP contribution in [0.3, 0.4) is 0 Å². The first-order valence-electron chi connectivity index (χ1n) is 7.18. The van der Waals surface area contributed by atoms with E-state index in [1.807, 2.05) is 67.5 Å². The van der Waals surface area contributed by atoms with Crippen LogP contribution >= 0.6 is 0 Å². The molecule has 0 saturated heterocycles. The van der Waals surface area contributed by atoms with E-state index in [1.165, 1.54) is 0 Å². The highest BCUT2D eigenvalue weighted by molar-refractivity contribution is 6.02. The normalized spacial score (nSPS) is 10.7. The zero-order chi connectivity index (χ0) is 15.7. The molecular weight excluding hydrogens is 274 g/mol.